The molecule has 0 unspecified atom stereocenters. The molecule has 0 bridgehead atoms. The van der Waals surface area contributed by atoms with Crippen molar-refractivity contribution in [3.05, 3.63) is 17.8 Å². The Morgan fingerprint density at radius 1 is 1.44 bits per heavy atom. The minimum atomic E-state index is 0.357. The van der Waals surface area contributed by atoms with E-state index < -0.39 is 0 Å². The summed E-state index contributed by atoms with van der Waals surface area (Å²) in [6.45, 7) is 5.48. The highest BCUT2D eigenvalue weighted by Crippen LogP contribution is 2.51. The van der Waals surface area contributed by atoms with Crippen molar-refractivity contribution in [1.29, 1.82) is 5.26 Å². The molecule has 1 saturated carbocycles. The fourth-order valence-corrected chi connectivity index (χ4v) is 1.87. The van der Waals surface area contributed by atoms with Gasteiger partial charge in [-0.3, -0.25) is 0 Å². The highest BCUT2D eigenvalue weighted by Gasteiger charge is 2.44. The number of anilines is 1. The Kier molecular flexibility index (Phi) is 2.78. The average molecular weight is 216 g/mol. The van der Waals surface area contributed by atoms with Gasteiger partial charge in [-0.15, -0.1) is 10.2 Å². The quantitative estimate of drug-likeness (QED) is 0.838. The predicted octanol–water partition coefficient (Wildman–Crippen LogP) is 2.20. The molecule has 0 saturated heterocycles. The molecule has 0 atom stereocenters. The van der Waals surface area contributed by atoms with E-state index in [4.69, 9.17) is 5.26 Å². The van der Waals surface area contributed by atoms with Crippen LogP contribution in [0.3, 0.4) is 0 Å². The summed E-state index contributed by atoms with van der Waals surface area (Å²) in [7, 11) is 0. The van der Waals surface area contributed by atoms with Crippen LogP contribution in [0.25, 0.3) is 0 Å². The first kappa shape index (κ1) is 10.9. The van der Waals surface area contributed by atoms with Gasteiger partial charge < -0.3 is 5.32 Å². The Balaban J connectivity index is 1.93. The number of nitrogens with zero attached hydrogens (tertiary/aromatic N) is 3. The van der Waals surface area contributed by atoms with Gasteiger partial charge in [0.05, 0.1) is 0 Å². The van der Waals surface area contributed by atoms with Crippen molar-refractivity contribution in [3.63, 3.8) is 0 Å². The lowest BCUT2D eigenvalue weighted by Crippen LogP contribution is -2.21. The van der Waals surface area contributed by atoms with E-state index in [9.17, 15) is 0 Å². The van der Waals surface area contributed by atoms with Crippen molar-refractivity contribution in [3.8, 4) is 6.07 Å². The second-order valence-corrected chi connectivity index (χ2v) is 4.79. The van der Waals surface area contributed by atoms with Crippen LogP contribution in [-0.2, 0) is 0 Å². The lowest BCUT2D eigenvalue weighted by Gasteiger charge is -2.19. The van der Waals surface area contributed by atoms with Crippen LogP contribution in [-0.4, -0.2) is 16.7 Å². The summed E-state index contributed by atoms with van der Waals surface area (Å²) < 4.78 is 0. The van der Waals surface area contributed by atoms with Gasteiger partial charge in [-0.25, -0.2) is 0 Å². The molecule has 1 fully saturated rings. The van der Waals surface area contributed by atoms with E-state index >= 15 is 0 Å². The number of nitriles is 1. The maximum absolute atomic E-state index is 8.60. The summed E-state index contributed by atoms with van der Waals surface area (Å²) in [5, 5.41) is 19.6. The molecule has 1 aliphatic rings. The third-order valence-corrected chi connectivity index (χ3v) is 3.52. The Hall–Kier alpha value is -1.63. The van der Waals surface area contributed by atoms with Crippen LogP contribution in [0.2, 0.25) is 0 Å². The van der Waals surface area contributed by atoms with Crippen molar-refractivity contribution in [1.82, 2.24) is 10.2 Å². The minimum Gasteiger partial charge on any atom is -0.368 e. The van der Waals surface area contributed by atoms with Crippen LogP contribution in [0, 0.1) is 22.7 Å². The molecule has 84 valence electrons. The number of aromatic nitrogens is 2. The Bertz CT molecular complexity index is 398. The largest absolute Gasteiger partial charge is 0.368 e. The van der Waals surface area contributed by atoms with Gasteiger partial charge in [0.1, 0.15) is 11.9 Å². The lowest BCUT2D eigenvalue weighted by atomic mass is 9.92. The second kappa shape index (κ2) is 4.09. The van der Waals surface area contributed by atoms with Gasteiger partial charge in [-0.1, -0.05) is 13.8 Å². The highest BCUT2D eigenvalue weighted by atomic mass is 15.2. The predicted molar refractivity (Wildman–Crippen MR) is 61.7 cm³/mol. The molecule has 0 aliphatic heterocycles. The van der Waals surface area contributed by atoms with Crippen LogP contribution < -0.4 is 5.32 Å². The summed E-state index contributed by atoms with van der Waals surface area (Å²) in [5.74, 6) is 1.46. The van der Waals surface area contributed by atoms with E-state index in [0.717, 1.165) is 12.4 Å². The first-order valence-electron chi connectivity index (χ1n) is 5.64. The normalized spacial score (nSPS) is 16.9. The van der Waals surface area contributed by atoms with Crippen molar-refractivity contribution < 1.29 is 0 Å². The molecule has 1 aromatic heterocycles. The third-order valence-electron chi connectivity index (χ3n) is 3.52. The molecule has 1 aliphatic carbocycles. The van der Waals surface area contributed by atoms with Crippen LogP contribution in [0.5, 0.6) is 0 Å². The zero-order valence-electron chi connectivity index (χ0n) is 9.70. The van der Waals surface area contributed by atoms with E-state index in [1.54, 1.807) is 6.07 Å². The van der Waals surface area contributed by atoms with Crippen molar-refractivity contribution in [2.24, 2.45) is 11.3 Å². The zero-order chi connectivity index (χ0) is 11.6. The number of hydrogen-bond acceptors (Lipinski definition) is 4. The molecular formula is C12H16N4. The van der Waals surface area contributed by atoms with E-state index in [-0.39, 0.29) is 0 Å². The summed E-state index contributed by atoms with van der Waals surface area (Å²) in [5.41, 5.74) is 0.811. The topological polar surface area (TPSA) is 61.6 Å². The zero-order valence-corrected chi connectivity index (χ0v) is 9.70. The first-order valence-corrected chi connectivity index (χ1v) is 5.64. The van der Waals surface area contributed by atoms with Crippen LogP contribution in [0.1, 0.15) is 32.4 Å². The molecule has 0 spiro atoms. The standard InChI is InChI=1S/C12H16N4/c1-9(2)12(5-6-12)8-14-11-4-3-10(7-13)15-16-11/h3-4,9H,5-6,8H2,1-2H3,(H,14,16). The van der Waals surface area contributed by atoms with Crippen molar-refractivity contribution in [2.45, 2.75) is 26.7 Å². The maximum Gasteiger partial charge on any atom is 0.163 e. The van der Waals surface area contributed by atoms with Gasteiger partial charge in [-0.2, -0.15) is 5.26 Å². The molecule has 0 radical (unpaired) electrons. The van der Waals surface area contributed by atoms with Gasteiger partial charge in [0.2, 0.25) is 0 Å². The molecule has 0 aromatic carbocycles. The van der Waals surface area contributed by atoms with Gasteiger partial charge >= 0.3 is 0 Å². The van der Waals surface area contributed by atoms with Crippen LogP contribution in [0.4, 0.5) is 5.82 Å². The van der Waals surface area contributed by atoms with Gasteiger partial charge in [-0.05, 0) is 36.3 Å². The number of hydrogen-bond donors (Lipinski definition) is 1. The SMILES string of the molecule is CC(C)C1(CNc2ccc(C#N)nn2)CC1. The molecule has 0 amide bonds. The summed E-state index contributed by atoms with van der Waals surface area (Å²) in [6.07, 6.45) is 2.59. The molecular weight excluding hydrogens is 200 g/mol. The molecule has 4 heteroatoms. The summed E-state index contributed by atoms with van der Waals surface area (Å²) in [6, 6.07) is 5.45. The van der Waals surface area contributed by atoms with Crippen LogP contribution >= 0.6 is 0 Å². The maximum atomic E-state index is 8.60. The monoisotopic (exact) mass is 216 g/mol. The van der Waals surface area contributed by atoms with Crippen molar-refractivity contribution in [2.75, 3.05) is 11.9 Å². The Morgan fingerprint density at radius 3 is 2.62 bits per heavy atom. The second-order valence-electron chi connectivity index (χ2n) is 4.79. The molecule has 1 heterocycles. The van der Waals surface area contributed by atoms with Gasteiger partial charge in [0.15, 0.2) is 5.69 Å². The Labute approximate surface area is 95.7 Å². The fourth-order valence-electron chi connectivity index (χ4n) is 1.87. The fraction of sp³-hybridized carbons (Fsp3) is 0.583. The summed E-state index contributed by atoms with van der Waals surface area (Å²) in [4.78, 5) is 0. The Morgan fingerprint density at radius 2 is 2.19 bits per heavy atom. The van der Waals surface area contributed by atoms with Gasteiger partial charge in [0.25, 0.3) is 0 Å². The van der Waals surface area contributed by atoms with Crippen LogP contribution in [0.15, 0.2) is 12.1 Å². The van der Waals surface area contributed by atoms with E-state index in [1.807, 2.05) is 12.1 Å². The molecule has 2 rings (SSSR count). The number of nitrogens with one attached hydrogen (secondary N) is 1. The third kappa shape index (κ3) is 2.13. The van der Waals surface area contributed by atoms with E-state index in [2.05, 4.69) is 29.4 Å². The van der Waals surface area contributed by atoms with Gasteiger partial charge in [0, 0.05) is 6.54 Å². The minimum absolute atomic E-state index is 0.357. The molecule has 1 aromatic rings. The summed E-state index contributed by atoms with van der Waals surface area (Å²) >= 11 is 0. The van der Waals surface area contributed by atoms with Crippen molar-refractivity contribution >= 4 is 5.82 Å². The highest BCUT2D eigenvalue weighted by molar-refractivity contribution is 5.36. The first-order chi connectivity index (χ1) is 7.66. The molecule has 1 N–H and O–H groups in total. The van der Waals surface area contributed by atoms with E-state index in [0.29, 0.717) is 17.0 Å². The lowest BCUT2D eigenvalue weighted by molar-refractivity contribution is 0.379. The molecule has 16 heavy (non-hydrogen) atoms. The molecule has 4 nitrogen and oxygen atoms in total. The smallest absolute Gasteiger partial charge is 0.163 e. The van der Waals surface area contributed by atoms with E-state index in [1.165, 1.54) is 12.8 Å². The average Bonchev–Trinajstić information content (AvgIpc) is 3.08. The number of rotatable bonds is 4.